The van der Waals surface area contributed by atoms with Crippen LogP contribution in [-0.4, -0.2) is 43.8 Å². The Hall–Kier alpha value is -3.76. The van der Waals surface area contributed by atoms with Crippen molar-refractivity contribution in [1.82, 2.24) is 20.1 Å². The van der Waals surface area contributed by atoms with Crippen LogP contribution in [0.3, 0.4) is 0 Å². The van der Waals surface area contributed by atoms with Crippen molar-refractivity contribution in [2.75, 3.05) is 0 Å². The monoisotopic (exact) mass is 441 g/mol. The number of hydrogen-bond acceptors (Lipinski definition) is 7. The molecule has 1 fully saturated rings. The number of rotatable bonds is 10. The standard InChI is InChI=1S/C21H27N7O4/c1-2-3-4-5-17-13-27(26-25-17)12-15-8-14(11-24-21(22)23)9-16(10-15)20(31)32-28-18(29)6-7-19(28)30/h8-10,13H,2-7,11-12H2,1H3,(H4,22,23,24). The van der Waals surface area contributed by atoms with Crippen molar-refractivity contribution in [1.29, 1.82) is 0 Å². The lowest BCUT2D eigenvalue weighted by Crippen LogP contribution is -2.32. The molecule has 0 atom stereocenters. The van der Waals surface area contributed by atoms with E-state index in [1.54, 1.807) is 16.8 Å². The van der Waals surface area contributed by atoms with Crippen molar-refractivity contribution in [3.63, 3.8) is 0 Å². The van der Waals surface area contributed by atoms with E-state index < -0.39 is 17.8 Å². The molecular formula is C21H27N7O4. The van der Waals surface area contributed by atoms with Crippen molar-refractivity contribution >= 4 is 23.7 Å². The van der Waals surface area contributed by atoms with E-state index in [-0.39, 0.29) is 30.9 Å². The first-order valence-electron chi connectivity index (χ1n) is 10.5. The summed E-state index contributed by atoms with van der Waals surface area (Å²) >= 11 is 0. The van der Waals surface area contributed by atoms with Gasteiger partial charge < -0.3 is 16.3 Å². The molecule has 0 spiro atoms. The van der Waals surface area contributed by atoms with Gasteiger partial charge in [-0.2, -0.15) is 0 Å². The molecule has 11 nitrogen and oxygen atoms in total. The fraction of sp³-hybridized carbons (Fsp3) is 0.429. The molecule has 11 heteroatoms. The van der Waals surface area contributed by atoms with E-state index in [4.69, 9.17) is 16.3 Å². The molecule has 0 saturated carbocycles. The van der Waals surface area contributed by atoms with Crippen LogP contribution in [0.1, 0.15) is 66.2 Å². The zero-order valence-electron chi connectivity index (χ0n) is 18.0. The molecule has 0 bridgehead atoms. The molecular weight excluding hydrogens is 414 g/mol. The summed E-state index contributed by atoms with van der Waals surface area (Å²) < 4.78 is 1.68. The molecule has 1 saturated heterocycles. The number of aryl methyl sites for hydroxylation is 1. The molecule has 4 N–H and O–H groups in total. The van der Waals surface area contributed by atoms with Crippen molar-refractivity contribution in [3.8, 4) is 0 Å². The zero-order valence-corrected chi connectivity index (χ0v) is 18.0. The number of benzene rings is 1. The molecule has 1 aliphatic rings. The van der Waals surface area contributed by atoms with E-state index in [0.29, 0.717) is 17.2 Å². The van der Waals surface area contributed by atoms with Crippen LogP contribution in [-0.2, 0) is 33.9 Å². The Bertz CT molecular complexity index is 1010. The zero-order chi connectivity index (χ0) is 23.1. The Labute approximate surface area is 185 Å². The second kappa shape index (κ2) is 10.5. The number of carbonyl (C=O) groups is 3. The van der Waals surface area contributed by atoms with Crippen molar-refractivity contribution in [3.05, 3.63) is 46.8 Å². The highest BCUT2D eigenvalue weighted by Gasteiger charge is 2.33. The van der Waals surface area contributed by atoms with E-state index in [1.807, 2.05) is 12.3 Å². The molecule has 170 valence electrons. The fourth-order valence-electron chi connectivity index (χ4n) is 3.31. The number of unbranched alkanes of at least 4 members (excludes halogenated alkanes) is 2. The molecule has 1 aliphatic heterocycles. The minimum absolute atomic E-state index is 0.0226. The number of hydrogen-bond donors (Lipinski definition) is 2. The summed E-state index contributed by atoms with van der Waals surface area (Å²) in [6.07, 6.45) is 6.08. The summed E-state index contributed by atoms with van der Waals surface area (Å²) in [4.78, 5) is 45.2. The average Bonchev–Trinajstić information content (AvgIpc) is 3.33. The first kappa shape index (κ1) is 22.9. The number of aromatic nitrogens is 3. The van der Waals surface area contributed by atoms with Crippen LogP contribution in [0.15, 0.2) is 29.4 Å². The van der Waals surface area contributed by atoms with E-state index >= 15 is 0 Å². The summed E-state index contributed by atoms with van der Waals surface area (Å²) in [5, 5.41) is 8.87. The van der Waals surface area contributed by atoms with Crippen LogP contribution in [0.2, 0.25) is 0 Å². The average molecular weight is 441 g/mol. The maximum Gasteiger partial charge on any atom is 0.363 e. The van der Waals surface area contributed by atoms with Gasteiger partial charge in [0.2, 0.25) is 0 Å². The Morgan fingerprint density at radius 3 is 2.53 bits per heavy atom. The Kier molecular flexibility index (Phi) is 7.53. The number of amides is 2. The minimum atomic E-state index is -0.819. The van der Waals surface area contributed by atoms with Crippen molar-refractivity contribution in [2.24, 2.45) is 16.5 Å². The van der Waals surface area contributed by atoms with Crippen LogP contribution >= 0.6 is 0 Å². The summed E-state index contributed by atoms with van der Waals surface area (Å²) in [5.74, 6) is -1.99. The third-order valence-corrected chi connectivity index (χ3v) is 4.88. The predicted molar refractivity (Wildman–Crippen MR) is 115 cm³/mol. The molecule has 3 rings (SSSR count). The van der Waals surface area contributed by atoms with Gasteiger partial charge in [-0.1, -0.05) is 31.0 Å². The number of guanidine groups is 1. The smallest absolute Gasteiger partial charge is 0.363 e. The fourth-order valence-corrected chi connectivity index (χ4v) is 3.31. The number of nitrogens with two attached hydrogens (primary N) is 2. The molecule has 1 aromatic carbocycles. The Morgan fingerprint density at radius 1 is 1.12 bits per heavy atom. The maximum atomic E-state index is 12.6. The normalized spacial score (nSPS) is 13.5. The highest BCUT2D eigenvalue weighted by Crippen LogP contribution is 2.18. The molecule has 0 radical (unpaired) electrons. The van der Waals surface area contributed by atoms with Crippen LogP contribution in [0.4, 0.5) is 0 Å². The quantitative estimate of drug-likeness (QED) is 0.239. The first-order chi connectivity index (χ1) is 15.4. The van der Waals surface area contributed by atoms with Crippen LogP contribution in [0.25, 0.3) is 0 Å². The summed E-state index contributed by atoms with van der Waals surface area (Å²) in [7, 11) is 0. The molecule has 0 aliphatic carbocycles. The van der Waals surface area contributed by atoms with Gasteiger partial charge in [0.15, 0.2) is 5.96 Å². The molecule has 2 aromatic rings. The van der Waals surface area contributed by atoms with E-state index in [0.717, 1.165) is 36.9 Å². The van der Waals surface area contributed by atoms with Gasteiger partial charge in [-0.15, -0.1) is 10.2 Å². The third-order valence-electron chi connectivity index (χ3n) is 4.88. The topological polar surface area (TPSA) is 159 Å². The van der Waals surface area contributed by atoms with E-state index in [1.165, 1.54) is 0 Å². The number of nitrogens with zero attached hydrogens (tertiary/aromatic N) is 5. The molecule has 0 unspecified atom stereocenters. The van der Waals surface area contributed by atoms with Gasteiger partial charge in [0, 0.05) is 19.0 Å². The molecule has 2 heterocycles. The number of carbonyl (C=O) groups excluding carboxylic acids is 3. The van der Waals surface area contributed by atoms with Gasteiger partial charge in [-0.25, -0.2) is 14.5 Å². The van der Waals surface area contributed by atoms with Crippen molar-refractivity contribution < 1.29 is 19.2 Å². The largest absolute Gasteiger partial charge is 0.370 e. The van der Waals surface area contributed by atoms with Gasteiger partial charge in [0.05, 0.1) is 24.3 Å². The number of aliphatic imine (C=N–C) groups is 1. The molecule has 2 amide bonds. The van der Waals surface area contributed by atoms with Crippen molar-refractivity contribution in [2.45, 2.75) is 58.5 Å². The van der Waals surface area contributed by atoms with Gasteiger partial charge in [0.1, 0.15) is 0 Å². The highest BCUT2D eigenvalue weighted by atomic mass is 16.7. The highest BCUT2D eigenvalue weighted by molar-refractivity contribution is 6.02. The SMILES string of the molecule is CCCCCc1cn(Cc2cc(CN=C(N)N)cc(C(=O)ON3C(=O)CCC3=O)c2)nn1. The summed E-state index contributed by atoms with van der Waals surface area (Å²) in [5.41, 5.74) is 13.3. The van der Waals surface area contributed by atoms with Gasteiger partial charge in [-0.05, 0) is 36.1 Å². The number of hydroxylamine groups is 2. The lowest BCUT2D eigenvalue weighted by atomic mass is 10.1. The van der Waals surface area contributed by atoms with E-state index in [2.05, 4.69) is 22.2 Å². The minimum Gasteiger partial charge on any atom is -0.370 e. The van der Waals surface area contributed by atoms with Crippen LogP contribution in [0.5, 0.6) is 0 Å². The Morgan fingerprint density at radius 2 is 1.84 bits per heavy atom. The van der Waals surface area contributed by atoms with E-state index in [9.17, 15) is 14.4 Å². The first-order valence-corrected chi connectivity index (χ1v) is 10.5. The van der Waals surface area contributed by atoms with Crippen LogP contribution < -0.4 is 11.5 Å². The maximum absolute atomic E-state index is 12.6. The lowest BCUT2D eigenvalue weighted by Gasteiger charge is -2.14. The van der Waals surface area contributed by atoms with Gasteiger partial charge in [-0.3, -0.25) is 9.59 Å². The predicted octanol–water partition coefficient (Wildman–Crippen LogP) is 1.05. The molecule has 32 heavy (non-hydrogen) atoms. The number of imide groups is 1. The van der Waals surface area contributed by atoms with Gasteiger partial charge >= 0.3 is 5.97 Å². The lowest BCUT2D eigenvalue weighted by molar-refractivity contribution is -0.172. The summed E-state index contributed by atoms with van der Waals surface area (Å²) in [6.45, 7) is 2.65. The van der Waals surface area contributed by atoms with Gasteiger partial charge in [0.25, 0.3) is 11.8 Å². The summed E-state index contributed by atoms with van der Waals surface area (Å²) in [6, 6.07) is 5.01. The Balaban J connectivity index is 1.79. The second-order valence-corrected chi connectivity index (χ2v) is 7.60. The second-order valence-electron chi connectivity index (χ2n) is 7.60. The third kappa shape index (κ3) is 6.13. The molecule has 1 aromatic heterocycles. The van der Waals surface area contributed by atoms with Crippen LogP contribution in [0, 0.1) is 0 Å².